The van der Waals surface area contributed by atoms with Crippen LogP contribution in [0.1, 0.15) is 32.8 Å². The molecule has 0 bridgehead atoms. The predicted molar refractivity (Wildman–Crippen MR) is 82.8 cm³/mol. The third kappa shape index (κ3) is 3.50. The molecule has 0 aliphatic carbocycles. The molecule has 0 fully saturated rings. The van der Waals surface area contributed by atoms with Crippen LogP contribution in [0.2, 0.25) is 0 Å². The fourth-order valence-electron chi connectivity index (χ4n) is 2.12. The second kappa shape index (κ2) is 5.97. The summed E-state index contributed by atoms with van der Waals surface area (Å²) in [6.45, 7) is 6.46. The van der Waals surface area contributed by atoms with Gasteiger partial charge in [0.05, 0.1) is 0 Å². The minimum absolute atomic E-state index is 0.172. The summed E-state index contributed by atoms with van der Waals surface area (Å²) < 4.78 is 39.9. The molecule has 1 aromatic carbocycles. The molecule has 1 aliphatic rings. The predicted octanol–water partition coefficient (Wildman–Crippen LogP) is 2.93. The molecule has 0 unspecified atom stereocenters. The van der Waals surface area contributed by atoms with Gasteiger partial charge in [-0.2, -0.15) is 0 Å². The van der Waals surface area contributed by atoms with Gasteiger partial charge in [-0.1, -0.05) is 26.0 Å². The maximum atomic E-state index is 13.0. The molecule has 0 radical (unpaired) electrons. The minimum Gasteiger partial charge on any atom is -0.268 e. The fourth-order valence-corrected chi connectivity index (χ4v) is 3.64. The maximum absolute atomic E-state index is 13.0. The van der Waals surface area contributed by atoms with Crippen molar-refractivity contribution >= 4 is 20.8 Å². The van der Waals surface area contributed by atoms with Crippen molar-refractivity contribution in [2.24, 2.45) is 10.9 Å². The van der Waals surface area contributed by atoms with Gasteiger partial charge in [0.15, 0.2) is 0 Å². The Labute approximate surface area is 124 Å². The Morgan fingerprint density at radius 3 is 2.43 bits per heavy atom. The number of halogens is 1. The molecular weight excluding hydrogens is 291 g/mol. The molecule has 4 nitrogen and oxygen atoms in total. The van der Waals surface area contributed by atoms with E-state index in [1.165, 1.54) is 24.3 Å². The second-order valence-corrected chi connectivity index (χ2v) is 7.10. The van der Waals surface area contributed by atoms with Crippen molar-refractivity contribution in [3.8, 4) is 0 Å². The van der Waals surface area contributed by atoms with Crippen LogP contribution in [0.5, 0.6) is 0 Å². The second-order valence-electron chi connectivity index (χ2n) is 5.48. The number of benzene rings is 1. The number of hydrogen-bond donors (Lipinski definition) is 1. The summed E-state index contributed by atoms with van der Waals surface area (Å²) in [6.07, 6.45) is 0.893. The van der Waals surface area contributed by atoms with Crippen LogP contribution in [-0.2, 0) is 10.0 Å². The number of sulfonamides is 1. The Morgan fingerprint density at radius 2 is 1.86 bits per heavy atom. The Kier molecular flexibility index (Phi) is 4.46. The van der Waals surface area contributed by atoms with Crippen LogP contribution < -0.4 is 4.72 Å². The van der Waals surface area contributed by atoms with Gasteiger partial charge in [-0.25, -0.2) is 12.8 Å². The Hall–Kier alpha value is -1.69. The van der Waals surface area contributed by atoms with Gasteiger partial charge in [0.25, 0.3) is 10.0 Å². The molecule has 114 valence electrons. The van der Waals surface area contributed by atoms with Gasteiger partial charge in [0.1, 0.15) is 16.6 Å². The van der Waals surface area contributed by atoms with Crippen LogP contribution in [0.25, 0.3) is 4.91 Å². The van der Waals surface area contributed by atoms with E-state index in [1.54, 1.807) is 6.92 Å². The van der Waals surface area contributed by atoms with Crippen LogP contribution >= 0.6 is 0 Å². The fraction of sp³-hybridized carbons (Fsp3) is 0.400. The van der Waals surface area contributed by atoms with E-state index in [0.717, 1.165) is 6.42 Å². The monoisotopic (exact) mass is 310 g/mol. The van der Waals surface area contributed by atoms with Gasteiger partial charge in [0, 0.05) is 12.1 Å². The summed E-state index contributed by atoms with van der Waals surface area (Å²) in [5.41, 5.74) is 1.04. The molecule has 1 heterocycles. The lowest BCUT2D eigenvalue weighted by Crippen LogP contribution is -2.24. The van der Waals surface area contributed by atoms with Crippen molar-refractivity contribution in [2.45, 2.75) is 27.2 Å². The van der Waals surface area contributed by atoms with E-state index in [2.05, 4.69) is 23.6 Å². The maximum Gasteiger partial charge on any atom is 0.264 e. The molecule has 0 aromatic heterocycles. The van der Waals surface area contributed by atoms with Crippen molar-refractivity contribution in [1.82, 2.24) is 4.72 Å². The molecule has 1 aliphatic heterocycles. The van der Waals surface area contributed by atoms with E-state index in [1.807, 2.05) is 0 Å². The van der Waals surface area contributed by atoms with Gasteiger partial charge in [0.2, 0.25) is 0 Å². The quantitative estimate of drug-likeness (QED) is 0.929. The number of hydrogen-bond acceptors (Lipinski definition) is 3. The zero-order chi connectivity index (χ0) is 15.6. The van der Waals surface area contributed by atoms with Crippen molar-refractivity contribution in [2.75, 3.05) is 6.54 Å². The molecular formula is C15H19FN2O2S. The lowest BCUT2D eigenvalue weighted by atomic mass is 10.1. The van der Waals surface area contributed by atoms with Crippen molar-refractivity contribution < 1.29 is 12.8 Å². The zero-order valence-electron chi connectivity index (χ0n) is 12.4. The molecule has 2 rings (SSSR count). The summed E-state index contributed by atoms with van der Waals surface area (Å²) in [4.78, 5) is 4.50. The van der Waals surface area contributed by atoms with Gasteiger partial charge in [-0.15, -0.1) is 0 Å². The first-order chi connectivity index (χ1) is 9.81. The van der Waals surface area contributed by atoms with Crippen LogP contribution in [0.4, 0.5) is 4.39 Å². The first kappa shape index (κ1) is 15.7. The third-order valence-electron chi connectivity index (χ3n) is 3.28. The summed E-state index contributed by atoms with van der Waals surface area (Å²) >= 11 is 0. The lowest BCUT2D eigenvalue weighted by molar-refractivity contribution is 0.595. The number of amidine groups is 1. The summed E-state index contributed by atoms with van der Waals surface area (Å²) in [7, 11) is -3.63. The number of nitrogens with zero attached hydrogens (tertiary/aromatic N) is 1. The van der Waals surface area contributed by atoms with Gasteiger partial charge in [-0.3, -0.25) is 9.71 Å². The van der Waals surface area contributed by atoms with E-state index in [9.17, 15) is 12.8 Å². The number of aliphatic imine (C=N–C) groups is 1. The normalized spacial score (nSPS) is 19.4. The van der Waals surface area contributed by atoms with E-state index < -0.39 is 15.8 Å². The topological polar surface area (TPSA) is 58.5 Å². The lowest BCUT2D eigenvalue weighted by Gasteiger charge is -2.02. The molecule has 0 saturated carbocycles. The van der Waals surface area contributed by atoms with E-state index >= 15 is 0 Å². The molecule has 0 amide bonds. The molecule has 21 heavy (non-hydrogen) atoms. The Morgan fingerprint density at radius 1 is 1.24 bits per heavy atom. The molecule has 0 saturated heterocycles. The highest BCUT2D eigenvalue weighted by Crippen LogP contribution is 2.29. The molecule has 1 aromatic rings. The minimum atomic E-state index is -3.63. The van der Waals surface area contributed by atoms with Crippen LogP contribution in [0.3, 0.4) is 0 Å². The smallest absolute Gasteiger partial charge is 0.264 e. The highest BCUT2D eigenvalue weighted by Gasteiger charge is 2.32. The van der Waals surface area contributed by atoms with Crippen LogP contribution in [0, 0.1) is 11.7 Å². The zero-order valence-corrected chi connectivity index (χ0v) is 13.2. The average Bonchev–Trinajstić information content (AvgIpc) is 2.61. The first-order valence-corrected chi connectivity index (χ1v) is 8.34. The van der Waals surface area contributed by atoms with E-state index in [-0.39, 0.29) is 4.91 Å². The Balaban J connectivity index is 2.37. The van der Waals surface area contributed by atoms with Crippen molar-refractivity contribution in [3.05, 3.63) is 41.2 Å². The van der Waals surface area contributed by atoms with Gasteiger partial charge < -0.3 is 0 Å². The molecule has 6 heteroatoms. The average molecular weight is 310 g/mol. The molecule has 0 atom stereocenters. The number of nitrogens with one attached hydrogen (secondary N) is 1. The summed E-state index contributed by atoms with van der Waals surface area (Å²) in [5, 5.41) is 0. The van der Waals surface area contributed by atoms with Crippen LogP contribution in [-0.4, -0.2) is 20.8 Å². The van der Waals surface area contributed by atoms with Crippen LogP contribution in [0.15, 0.2) is 34.8 Å². The van der Waals surface area contributed by atoms with Crippen molar-refractivity contribution in [1.29, 1.82) is 0 Å². The highest BCUT2D eigenvalue weighted by atomic mass is 32.2. The summed E-state index contributed by atoms with van der Waals surface area (Å²) in [6, 6.07) is 5.42. The standard InChI is InChI=1S/C15H19FN2O2S/c1-10(2)8-9-17-15-11(3)14(21(19,20)18-15)12-4-6-13(16)7-5-12/h4-7,10H,8-9H2,1-3H3,(H,17,18). The molecule has 1 N–H and O–H groups in total. The number of rotatable bonds is 4. The van der Waals surface area contributed by atoms with E-state index in [0.29, 0.717) is 29.4 Å². The Bertz CT molecular complexity index is 689. The highest BCUT2D eigenvalue weighted by molar-refractivity contribution is 8.00. The summed E-state index contributed by atoms with van der Waals surface area (Å²) in [5.74, 6) is 0.495. The first-order valence-electron chi connectivity index (χ1n) is 6.85. The third-order valence-corrected chi connectivity index (χ3v) is 4.82. The SMILES string of the molecule is CC1=C(c2ccc(F)cc2)S(=O)(=O)NC1=NCCC(C)C. The molecule has 0 spiro atoms. The van der Waals surface area contributed by atoms with Gasteiger partial charge in [-0.05, 0) is 37.0 Å². The largest absolute Gasteiger partial charge is 0.268 e. The van der Waals surface area contributed by atoms with Gasteiger partial charge >= 0.3 is 0 Å². The van der Waals surface area contributed by atoms with E-state index in [4.69, 9.17) is 0 Å². The van der Waals surface area contributed by atoms with Crippen molar-refractivity contribution in [3.63, 3.8) is 0 Å².